The molecule has 0 bridgehead atoms. The molecule has 4 rings (SSSR count). The number of fused-ring (bicyclic) bond motifs is 1. The minimum atomic E-state index is -0.420. The molecule has 1 amide bonds. The molecule has 190 valence electrons. The fraction of sp³-hybridized carbons (Fsp3) is 0.607. The van der Waals surface area contributed by atoms with Crippen molar-refractivity contribution in [3.05, 3.63) is 41.7 Å². The highest BCUT2D eigenvalue weighted by Crippen LogP contribution is 2.32. The van der Waals surface area contributed by atoms with Gasteiger partial charge in [-0.25, -0.2) is 4.98 Å². The van der Waals surface area contributed by atoms with Crippen molar-refractivity contribution < 1.29 is 14.3 Å². The van der Waals surface area contributed by atoms with Gasteiger partial charge in [0.25, 0.3) is 0 Å². The van der Waals surface area contributed by atoms with Gasteiger partial charge in [0, 0.05) is 44.8 Å². The van der Waals surface area contributed by atoms with Crippen molar-refractivity contribution in [1.29, 1.82) is 0 Å². The van der Waals surface area contributed by atoms with Gasteiger partial charge in [-0.2, -0.15) is 0 Å². The van der Waals surface area contributed by atoms with Gasteiger partial charge in [0.05, 0.1) is 11.6 Å². The lowest BCUT2D eigenvalue weighted by Crippen LogP contribution is -2.41. The minimum Gasteiger partial charge on any atom is -0.381 e. The van der Waals surface area contributed by atoms with Crippen molar-refractivity contribution in [2.75, 3.05) is 33.4 Å². The Hall–Kier alpha value is -2.51. The summed E-state index contributed by atoms with van der Waals surface area (Å²) in [5, 5.41) is 3.15. The van der Waals surface area contributed by atoms with Gasteiger partial charge in [-0.1, -0.05) is 51.1 Å². The highest BCUT2D eigenvalue weighted by atomic mass is 16.5. The number of hydrogen-bond acceptors (Lipinski definition) is 5. The van der Waals surface area contributed by atoms with E-state index in [1.165, 1.54) is 0 Å². The van der Waals surface area contributed by atoms with Crippen molar-refractivity contribution in [3.8, 4) is 11.4 Å². The van der Waals surface area contributed by atoms with Gasteiger partial charge < -0.3 is 19.5 Å². The Morgan fingerprint density at radius 1 is 1.14 bits per heavy atom. The number of nitrogens with zero attached hydrogens (tertiary/aromatic N) is 3. The molecule has 1 saturated heterocycles. The molecular weight excluding hydrogens is 440 g/mol. The number of amides is 1. The molecular formula is C28H40N4O3. The number of benzene rings is 1. The fourth-order valence-electron chi connectivity index (χ4n) is 5.14. The van der Waals surface area contributed by atoms with Gasteiger partial charge >= 0.3 is 0 Å². The van der Waals surface area contributed by atoms with E-state index in [0.29, 0.717) is 24.7 Å². The number of hydrogen-bond donors (Lipinski definition) is 1. The Morgan fingerprint density at radius 2 is 1.86 bits per heavy atom. The number of Topliss-reactive ketones (excluding diaryl/α,β-unsaturated/α-hetero) is 1. The van der Waals surface area contributed by atoms with Gasteiger partial charge in [-0.15, -0.1) is 0 Å². The summed E-state index contributed by atoms with van der Waals surface area (Å²) in [4.78, 5) is 34.2. The summed E-state index contributed by atoms with van der Waals surface area (Å²) in [6.07, 6.45) is 3.10. The van der Waals surface area contributed by atoms with Crippen molar-refractivity contribution in [2.24, 2.45) is 17.3 Å². The van der Waals surface area contributed by atoms with E-state index < -0.39 is 5.92 Å². The zero-order chi connectivity index (χ0) is 25.0. The van der Waals surface area contributed by atoms with Crippen LogP contribution in [0.1, 0.15) is 62.6 Å². The van der Waals surface area contributed by atoms with Crippen LogP contribution in [0.4, 0.5) is 0 Å². The van der Waals surface area contributed by atoms with Crippen LogP contribution >= 0.6 is 0 Å². The molecule has 1 aromatic heterocycles. The summed E-state index contributed by atoms with van der Waals surface area (Å²) in [7, 11) is 2.08. The summed E-state index contributed by atoms with van der Waals surface area (Å²) in [6, 6.07) is 10.1. The van der Waals surface area contributed by atoms with Crippen LogP contribution in [0.5, 0.6) is 0 Å². The second-order valence-electron chi connectivity index (χ2n) is 11.2. The number of ether oxygens (including phenoxy) is 1. The number of carbonyl (C=O) groups excluding carboxylic acids is 2. The van der Waals surface area contributed by atoms with Crippen molar-refractivity contribution in [3.63, 3.8) is 0 Å². The predicted molar refractivity (Wildman–Crippen MR) is 137 cm³/mol. The Morgan fingerprint density at radius 3 is 2.54 bits per heavy atom. The van der Waals surface area contributed by atoms with Crippen LogP contribution in [-0.2, 0) is 22.6 Å². The number of imidazole rings is 1. The molecule has 0 spiro atoms. The number of carbonyl (C=O) groups is 2. The van der Waals surface area contributed by atoms with Gasteiger partial charge in [-0.05, 0) is 44.2 Å². The molecule has 2 aliphatic rings. The van der Waals surface area contributed by atoms with Crippen LogP contribution in [0.15, 0.2) is 30.3 Å². The van der Waals surface area contributed by atoms with Crippen LogP contribution in [0, 0.1) is 17.3 Å². The molecule has 2 aliphatic heterocycles. The van der Waals surface area contributed by atoms with Crippen LogP contribution in [0.25, 0.3) is 11.4 Å². The monoisotopic (exact) mass is 480 g/mol. The van der Waals surface area contributed by atoms with E-state index in [4.69, 9.17) is 9.72 Å². The molecule has 0 aliphatic carbocycles. The van der Waals surface area contributed by atoms with E-state index in [-0.39, 0.29) is 23.5 Å². The molecule has 0 saturated carbocycles. The number of rotatable bonds is 7. The van der Waals surface area contributed by atoms with Crippen LogP contribution in [0.2, 0.25) is 0 Å². The molecule has 2 aromatic rings. The van der Waals surface area contributed by atoms with Gasteiger partial charge in [0.15, 0.2) is 5.78 Å². The maximum Gasteiger partial charge on any atom is 0.224 e. The summed E-state index contributed by atoms with van der Waals surface area (Å²) in [5.41, 5.74) is 2.15. The van der Waals surface area contributed by atoms with E-state index >= 15 is 0 Å². The van der Waals surface area contributed by atoms with E-state index in [9.17, 15) is 9.59 Å². The molecule has 0 radical (unpaired) electrons. The third-order valence-electron chi connectivity index (χ3n) is 7.37. The SMILES string of the molecule is CN1CCCn2c(-c3ccccc3)nc(C(=O)C[C@H](C(=O)NCC3CCOCC3)C(C)(C)C)c2C1. The van der Waals surface area contributed by atoms with Gasteiger partial charge in [0.1, 0.15) is 11.5 Å². The van der Waals surface area contributed by atoms with Crippen molar-refractivity contribution in [1.82, 2.24) is 19.8 Å². The average molecular weight is 481 g/mol. The molecule has 0 unspecified atom stereocenters. The Kier molecular flexibility index (Phi) is 8.07. The first-order chi connectivity index (χ1) is 16.7. The first kappa shape index (κ1) is 25.6. The third kappa shape index (κ3) is 6.19. The summed E-state index contributed by atoms with van der Waals surface area (Å²) >= 11 is 0. The summed E-state index contributed by atoms with van der Waals surface area (Å²) < 4.78 is 7.65. The number of ketones is 1. The van der Waals surface area contributed by atoms with E-state index in [0.717, 1.165) is 62.6 Å². The minimum absolute atomic E-state index is 0.0389. The maximum absolute atomic E-state index is 13.8. The Balaban J connectivity index is 1.58. The second-order valence-corrected chi connectivity index (χ2v) is 11.2. The normalized spacial score (nSPS) is 18.5. The lowest BCUT2D eigenvalue weighted by molar-refractivity contribution is -0.128. The molecule has 1 aromatic carbocycles. The molecule has 1 N–H and O–H groups in total. The standard InChI is InChI=1S/C28H40N4O3/c1-28(2,3)22(27(34)29-18-20-11-15-35-16-12-20)17-24(33)25-23-19-31(4)13-8-14-32(23)26(30-25)21-9-6-5-7-10-21/h5-7,9-10,20,22H,8,11-19H2,1-4H3,(H,29,34)/t22-/m1/s1. The van der Waals surface area contributed by atoms with E-state index in [2.05, 4.69) is 21.8 Å². The molecule has 7 nitrogen and oxygen atoms in total. The lowest BCUT2D eigenvalue weighted by atomic mass is 9.76. The fourth-order valence-corrected chi connectivity index (χ4v) is 5.14. The first-order valence-corrected chi connectivity index (χ1v) is 13.0. The average Bonchev–Trinajstić information content (AvgIpc) is 3.07. The van der Waals surface area contributed by atoms with Crippen LogP contribution in [0.3, 0.4) is 0 Å². The third-order valence-corrected chi connectivity index (χ3v) is 7.37. The van der Waals surface area contributed by atoms with Crippen LogP contribution < -0.4 is 5.32 Å². The Labute approximate surface area is 209 Å². The summed E-state index contributed by atoms with van der Waals surface area (Å²) in [6.45, 7) is 10.8. The molecule has 35 heavy (non-hydrogen) atoms. The predicted octanol–water partition coefficient (Wildman–Crippen LogP) is 4.16. The second kappa shape index (κ2) is 11.0. The largest absolute Gasteiger partial charge is 0.381 e. The maximum atomic E-state index is 13.8. The van der Waals surface area contributed by atoms with Crippen LogP contribution in [-0.4, -0.2) is 59.5 Å². The highest BCUT2D eigenvalue weighted by Gasteiger charge is 2.36. The van der Waals surface area contributed by atoms with E-state index in [1.807, 2.05) is 51.1 Å². The van der Waals surface area contributed by atoms with E-state index in [1.54, 1.807) is 0 Å². The van der Waals surface area contributed by atoms with Crippen molar-refractivity contribution >= 4 is 11.7 Å². The highest BCUT2D eigenvalue weighted by molar-refractivity contribution is 5.99. The van der Waals surface area contributed by atoms with Crippen molar-refractivity contribution in [2.45, 2.75) is 59.5 Å². The molecule has 1 atom stereocenters. The van der Waals surface area contributed by atoms with Gasteiger partial charge in [-0.3, -0.25) is 9.59 Å². The topological polar surface area (TPSA) is 76.5 Å². The number of aromatic nitrogens is 2. The lowest BCUT2D eigenvalue weighted by Gasteiger charge is -2.30. The zero-order valence-corrected chi connectivity index (χ0v) is 21.7. The summed E-state index contributed by atoms with van der Waals surface area (Å²) in [5.74, 6) is 0.777. The quantitative estimate of drug-likeness (QED) is 0.602. The first-order valence-electron chi connectivity index (χ1n) is 13.0. The molecule has 1 fully saturated rings. The zero-order valence-electron chi connectivity index (χ0n) is 21.7. The number of nitrogens with one attached hydrogen (secondary N) is 1. The molecule has 3 heterocycles. The van der Waals surface area contributed by atoms with Gasteiger partial charge in [0.2, 0.25) is 5.91 Å². The Bertz CT molecular complexity index is 1020. The smallest absolute Gasteiger partial charge is 0.224 e. The molecule has 7 heteroatoms.